The van der Waals surface area contributed by atoms with Gasteiger partial charge in [-0.3, -0.25) is 9.89 Å². The van der Waals surface area contributed by atoms with Crippen LogP contribution in [-0.4, -0.2) is 38.7 Å². The first-order valence-corrected chi connectivity index (χ1v) is 9.36. The number of hydrogen-bond acceptors (Lipinski definition) is 5. The minimum Gasteiger partial charge on any atom is -0.294 e. The van der Waals surface area contributed by atoms with Gasteiger partial charge in [-0.2, -0.15) is 0 Å². The molecule has 0 N–H and O–H groups in total. The highest BCUT2D eigenvalue weighted by molar-refractivity contribution is 6.32. The van der Waals surface area contributed by atoms with E-state index in [2.05, 4.69) is 19.9 Å². The van der Waals surface area contributed by atoms with E-state index < -0.39 is 0 Å². The summed E-state index contributed by atoms with van der Waals surface area (Å²) < 4.78 is 0. The Bertz CT molecular complexity index is 821. The van der Waals surface area contributed by atoms with Crippen molar-refractivity contribution in [1.29, 1.82) is 0 Å². The van der Waals surface area contributed by atoms with E-state index in [0.717, 1.165) is 61.8 Å². The van der Waals surface area contributed by atoms with Gasteiger partial charge >= 0.3 is 0 Å². The van der Waals surface area contributed by atoms with Gasteiger partial charge in [-0.25, -0.2) is 15.0 Å². The Morgan fingerprint density at radius 2 is 2.00 bits per heavy atom. The summed E-state index contributed by atoms with van der Waals surface area (Å²) in [6, 6.07) is 3.72. The second-order valence-electron chi connectivity index (χ2n) is 6.50. The second kappa shape index (κ2) is 7.36. The first kappa shape index (κ1) is 16.9. The number of aliphatic imine (C=N–C) groups is 1. The van der Waals surface area contributed by atoms with E-state index in [4.69, 9.17) is 28.2 Å². The third-order valence-electron chi connectivity index (χ3n) is 4.68. The zero-order chi connectivity index (χ0) is 17.2. The van der Waals surface area contributed by atoms with Crippen molar-refractivity contribution in [3.63, 3.8) is 0 Å². The second-order valence-corrected chi connectivity index (χ2v) is 7.24. The van der Waals surface area contributed by atoms with Gasteiger partial charge in [-0.05, 0) is 25.3 Å². The van der Waals surface area contributed by atoms with Crippen molar-refractivity contribution < 1.29 is 0 Å². The Hall–Kier alpha value is -1.56. The van der Waals surface area contributed by atoms with Crippen LogP contribution in [0.5, 0.6) is 0 Å². The molecule has 0 amide bonds. The molecule has 7 heteroatoms. The number of hydrogen-bond donors (Lipinski definition) is 0. The van der Waals surface area contributed by atoms with Gasteiger partial charge in [0.2, 0.25) is 0 Å². The lowest BCUT2D eigenvalue weighted by Gasteiger charge is -2.28. The van der Waals surface area contributed by atoms with Gasteiger partial charge in [-0.15, -0.1) is 0 Å². The summed E-state index contributed by atoms with van der Waals surface area (Å²) >= 11 is 12.1. The standard InChI is InChI=1S/C18H19Cl2N5/c19-16-5-4-12(17(20)24-16)10-25-8-6-14-13(11-25)9-22-18(23-14)15-3-1-2-7-21-15/h4-5,9H,1-3,6-8,10-11H2. The predicted octanol–water partition coefficient (Wildman–Crippen LogP) is 3.71. The van der Waals surface area contributed by atoms with Crippen molar-refractivity contribution in [3.8, 4) is 0 Å². The van der Waals surface area contributed by atoms with Crippen LogP contribution >= 0.6 is 23.2 Å². The summed E-state index contributed by atoms with van der Waals surface area (Å²) in [7, 11) is 0. The molecule has 2 aromatic heterocycles. The fraction of sp³-hybridized carbons (Fsp3) is 0.444. The lowest BCUT2D eigenvalue weighted by Crippen LogP contribution is -2.31. The first-order chi connectivity index (χ1) is 12.2. The van der Waals surface area contributed by atoms with E-state index >= 15 is 0 Å². The Kier molecular flexibility index (Phi) is 4.97. The largest absolute Gasteiger partial charge is 0.294 e. The minimum absolute atomic E-state index is 0.421. The molecule has 0 aromatic carbocycles. The topological polar surface area (TPSA) is 54.3 Å². The maximum Gasteiger partial charge on any atom is 0.173 e. The smallest absolute Gasteiger partial charge is 0.173 e. The zero-order valence-corrected chi connectivity index (χ0v) is 15.4. The molecular weight excluding hydrogens is 357 g/mol. The lowest BCUT2D eigenvalue weighted by atomic mass is 10.0. The molecule has 0 unspecified atom stereocenters. The predicted molar refractivity (Wildman–Crippen MR) is 99.4 cm³/mol. The average molecular weight is 376 g/mol. The molecule has 0 atom stereocenters. The molecule has 130 valence electrons. The van der Waals surface area contributed by atoms with Gasteiger partial charge in [0.05, 0.1) is 11.4 Å². The third kappa shape index (κ3) is 3.84. The maximum absolute atomic E-state index is 6.20. The van der Waals surface area contributed by atoms with Crippen molar-refractivity contribution in [2.24, 2.45) is 4.99 Å². The molecule has 4 heterocycles. The van der Waals surface area contributed by atoms with Gasteiger partial charge in [0.25, 0.3) is 0 Å². The first-order valence-electron chi connectivity index (χ1n) is 8.61. The van der Waals surface area contributed by atoms with Crippen LogP contribution in [0.15, 0.2) is 23.3 Å². The SMILES string of the molecule is Clc1ccc(CN2CCc3nc(C4=NCCCC4)ncc3C2)c(Cl)n1. The zero-order valence-electron chi connectivity index (χ0n) is 13.9. The van der Waals surface area contributed by atoms with E-state index in [1.54, 1.807) is 6.07 Å². The van der Waals surface area contributed by atoms with Crippen molar-refractivity contribution in [3.05, 3.63) is 51.3 Å². The van der Waals surface area contributed by atoms with Crippen molar-refractivity contribution in [2.75, 3.05) is 13.1 Å². The summed E-state index contributed by atoms with van der Waals surface area (Å²) in [5.41, 5.74) is 4.39. The van der Waals surface area contributed by atoms with Crippen molar-refractivity contribution >= 4 is 28.9 Å². The number of halogens is 2. The van der Waals surface area contributed by atoms with E-state index in [-0.39, 0.29) is 0 Å². The highest BCUT2D eigenvalue weighted by atomic mass is 35.5. The van der Waals surface area contributed by atoms with Crippen molar-refractivity contribution in [2.45, 2.75) is 38.8 Å². The Morgan fingerprint density at radius 3 is 2.80 bits per heavy atom. The molecule has 0 saturated heterocycles. The Balaban J connectivity index is 1.49. The van der Waals surface area contributed by atoms with Crippen LogP contribution in [0, 0.1) is 0 Å². The molecule has 0 saturated carbocycles. The van der Waals surface area contributed by atoms with Crippen LogP contribution in [0.1, 0.15) is 41.9 Å². The van der Waals surface area contributed by atoms with Crippen LogP contribution in [0.3, 0.4) is 0 Å². The number of fused-ring (bicyclic) bond motifs is 1. The van der Waals surface area contributed by atoms with Gasteiger partial charge < -0.3 is 0 Å². The van der Waals surface area contributed by atoms with Gasteiger partial charge in [-0.1, -0.05) is 29.3 Å². The molecule has 2 aromatic rings. The van der Waals surface area contributed by atoms with Gasteiger partial charge in [0.1, 0.15) is 10.3 Å². The Labute approximate surface area is 157 Å². The van der Waals surface area contributed by atoms with Gasteiger partial charge in [0, 0.05) is 49.9 Å². The molecule has 0 aliphatic carbocycles. The summed E-state index contributed by atoms with van der Waals surface area (Å²) in [6.07, 6.45) is 6.22. The minimum atomic E-state index is 0.421. The summed E-state index contributed by atoms with van der Waals surface area (Å²) in [6.45, 7) is 3.41. The molecule has 2 aliphatic rings. The number of nitrogens with zero attached hydrogens (tertiary/aromatic N) is 5. The molecule has 4 rings (SSSR count). The van der Waals surface area contributed by atoms with Gasteiger partial charge in [0.15, 0.2) is 5.82 Å². The highest BCUT2D eigenvalue weighted by Gasteiger charge is 2.21. The van der Waals surface area contributed by atoms with Crippen LogP contribution in [0.25, 0.3) is 0 Å². The Morgan fingerprint density at radius 1 is 1.08 bits per heavy atom. The van der Waals surface area contributed by atoms with E-state index in [9.17, 15) is 0 Å². The molecule has 0 bridgehead atoms. The van der Waals surface area contributed by atoms with E-state index in [1.165, 1.54) is 18.4 Å². The fourth-order valence-electron chi connectivity index (χ4n) is 3.33. The van der Waals surface area contributed by atoms with E-state index in [1.807, 2.05) is 12.3 Å². The van der Waals surface area contributed by atoms with Crippen LogP contribution in [0.2, 0.25) is 10.3 Å². The van der Waals surface area contributed by atoms with Crippen molar-refractivity contribution in [1.82, 2.24) is 19.9 Å². The summed E-state index contributed by atoms with van der Waals surface area (Å²) in [5, 5.41) is 0.893. The summed E-state index contributed by atoms with van der Waals surface area (Å²) in [4.78, 5) is 20.4. The molecule has 0 radical (unpaired) electrons. The third-order valence-corrected chi connectivity index (χ3v) is 5.22. The highest BCUT2D eigenvalue weighted by Crippen LogP contribution is 2.23. The fourth-order valence-corrected chi connectivity index (χ4v) is 3.73. The van der Waals surface area contributed by atoms with Crippen LogP contribution in [0.4, 0.5) is 0 Å². The molecule has 2 aliphatic heterocycles. The number of pyridine rings is 1. The maximum atomic E-state index is 6.20. The molecular formula is C18H19Cl2N5. The number of aromatic nitrogens is 3. The lowest BCUT2D eigenvalue weighted by molar-refractivity contribution is 0.242. The monoisotopic (exact) mass is 375 g/mol. The number of rotatable bonds is 3. The van der Waals surface area contributed by atoms with Crippen LogP contribution in [-0.2, 0) is 19.5 Å². The van der Waals surface area contributed by atoms with E-state index in [0.29, 0.717) is 10.3 Å². The van der Waals surface area contributed by atoms with Crippen LogP contribution < -0.4 is 0 Å². The molecule has 25 heavy (non-hydrogen) atoms. The molecule has 0 fully saturated rings. The molecule has 5 nitrogen and oxygen atoms in total. The molecule has 0 spiro atoms. The quantitative estimate of drug-likeness (QED) is 0.767. The summed E-state index contributed by atoms with van der Waals surface area (Å²) in [5.74, 6) is 0.817. The normalized spacial score (nSPS) is 17.9. The average Bonchev–Trinajstić information content (AvgIpc) is 2.64.